The molecule has 0 saturated carbocycles. The number of aldehydes is 1. The van der Waals surface area contributed by atoms with Crippen molar-refractivity contribution < 1.29 is 9.53 Å². The maximum Gasteiger partial charge on any atom is 0.120 e. The van der Waals surface area contributed by atoms with Crippen LogP contribution in [0.4, 0.5) is 0 Å². The molecule has 0 aliphatic heterocycles. The van der Waals surface area contributed by atoms with Gasteiger partial charge in [-0.15, -0.1) is 0 Å². The second-order valence-corrected chi connectivity index (χ2v) is 3.60. The molecule has 0 amide bonds. The summed E-state index contributed by atoms with van der Waals surface area (Å²) < 4.78 is 4.92. The van der Waals surface area contributed by atoms with Crippen molar-refractivity contribution in [3.8, 4) is 0 Å². The minimum Gasteiger partial charge on any atom is -0.381 e. The van der Waals surface area contributed by atoms with E-state index < -0.39 is 0 Å². The van der Waals surface area contributed by atoms with Crippen LogP contribution in [0.15, 0.2) is 11.6 Å². The number of methoxy groups -OCH3 is 1. The van der Waals surface area contributed by atoms with E-state index in [1.807, 2.05) is 13.0 Å². The summed E-state index contributed by atoms with van der Waals surface area (Å²) in [4.78, 5) is 10.3. The minimum atomic E-state index is -0.0275. The van der Waals surface area contributed by atoms with E-state index in [-0.39, 0.29) is 5.41 Å². The van der Waals surface area contributed by atoms with Gasteiger partial charge in [0.25, 0.3) is 0 Å². The van der Waals surface area contributed by atoms with Gasteiger partial charge in [0.1, 0.15) is 6.29 Å². The lowest BCUT2D eigenvalue weighted by molar-refractivity contribution is -0.109. The number of hydrogen-bond acceptors (Lipinski definition) is 2. The molecule has 0 heterocycles. The number of allylic oxidation sites excluding steroid dienone is 1. The fraction of sp³-hybridized carbons (Fsp3) is 0.700. The van der Waals surface area contributed by atoms with Crippen LogP contribution in [0.3, 0.4) is 0 Å². The second kappa shape index (κ2) is 5.09. The highest BCUT2D eigenvalue weighted by molar-refractivity contribution is 5.51. The third-order valence-corrected chi connectivity index (χ3v) is 2.22. The largest absolute Gasteiger partial charge is 0.381 e. The van der Waals surface area contributed by atoms with Crippen LogP contribution in [0.25, 0.3) is 0 Å². The Morgan fingerprint density at radius 2 is 2.08 bits per heavy atom. The van der Waals surface area contributed by atoms with Crippen LogP contribution in [-0.2, 0) is 9.53 Å². The van der Waals surface area contributed by atoms with Gasteiger partial charge < -0.3 is 9.53 Å². The van der Waals surface area contributed by atoms with Gasteiger partial charge in [-0.2, -0.15) is 0 Å². The van der Waals surface area contributed by atoms with Crippen molar-refractivity contribution in [2.45, 2.75) is 27.2 Å². The van der Waals surface area contributed by atoms with Crippen LogP contribution in [-0.4, -0.2) is 20.0 Å². The average molecular weight is 170 g/mol. The third-order valence-electron chi connectivity index (χ3n) is 2.22. The topological polar surface area (TPSA) is 26.3 Å². The summed E-state index contributed by atoms with van der Waals surface area (Å²) in [6.45, 7) is 6.77. The molecule has 0 bridgehead atoms. The summed E-state index contributed by atoms with van der Waals surface area (Å²) in [5.74, 6) is 0. The van der Waals surface area contributed by atoms with E-state index >= 15 is 0 Å². The highest BCUT2D eigenvalue weighted by atomic mass is 16.5. The number of carbonyl (C=O) groups excluding carboxylic acids is 1. The third kappa shape index (κ3) is 3.67. The van der Waals surface area contributed by atoms with Gasteiger partial charge in [0.05, 0.1) is 6.61 Å². The molecule has 12 heavy (non-hydrogen) atoms. The van der Waals surface area contributed by atoms with Crippen molar-refractivity contribution in [2.75, 3.05) is 13.7 Å². The predicted molar refractivity (Wildman–Crippen MR) is 50.1 cm³/mol. The van der Waals surface area contributed by atoms with E-state index in [1.165, 1.54) is 5.57 Å². The maximum atomic E-state index is 10.3. The fourth-order valence-corrected chi connectivity index (χ4v) is 0.854. The zero-order valence-corrected chi connectivity index (χ0v) is 8.39. The Balaban J connectivity index is 4.21. The van der Waals surface area contributed by atoms with Gasteiger partial charge in [0.2, 0.25) is 0 Å². The quantitative estimate of drug-likeness (QED) is 0.467. The monoisotopic (exact) mass is 170 g/mol. The number of rotatable bonds is 5. The molecule has 0 fully saturated rings. The SMILES string of the molecule is COC/C=C(\C)C(C)(C)CC=O. The van der Waals surface area contributed by atoms with Crippen molar-refractivity contribution >= 4 is 6.29 Å². The number of ether oxygens (including phenoxy) is 1. The van der Waals surface area contributed by atoms with Gasteiger partial charge in [-0.05, 0) is 12.3 Å². The summed E-state index contributed by atoms with van der Waals surface area (Å²) in [6.07, 6.45) is 3.55. The molecule has 0 aliphatic carbocycles. The summed E-state index contributed by atoms with van der Waals surface area (Å²) in [5.41, 5.74) is 1.18. The second-order valence-electron chi connectivity index (χ2n) is 3.60. The molecule has 2 heteroatoms. The van der Waals surface area contributed by atoms with Gasteiger partial charge in [-0.3, -0.25) is 0 Å². The van der Waals surface area contributed by atoms with E-state index in [1.54, 1.807) is 7.11 Å². The zero-order valence-electron chi connectivity index (χ0n) is 8.39. The van der Waals surface area contributed by atoms with E-state index in [0.717, 1.165) is 6.29 Å². The summed E-state index contributed by atoms with van der Waals surface area (Å²) in [5, 5.41) is 0. The Kier molecular flexibility index (Phi) is 4.83. The molecule has 2 nitrogen and oxygen atoms in total. The molecule has 0 N–H and O–H groups in total. The maximum absolute atomic E-state index is 10.3. The van der Waals surface area contributed by atoms with Gasteiger partial charge in [0, 0.05) is 13.5 Å². The average Bonchev–Trinajstić information content (AvgIpc) is 2.00. The van der Waals surface area contributed by atoms with Crippen molar-refractivity contribution in [3.05, 3.63) is 11.6 Å². The Morgan fingerprint density at radius 3 is 2.50 bits per heavy atom. The van der Waals surface area contributed by atoms with Gasteiger partial charge in [-0.25, -0.2) is 0 Å². The normalized spacial score (nSPS) is 13.2. The lowest BCUT2D eigenvalue weighted by Crippen LogP contribution is -2.14. The minimum absolute atomic E-state index is 0.0275. The molecule has 0 spiro atoms. The lowest BCUT2D eigenvalue weighted by Gasteiger charge is -2.22. The van der Waals surface area contributed by atoms with Crippen LogP contribution in [0.2, 0.25) is 0 Å². The Labute approximate surface area is 74.6 Å². The van der Waals surface area contributed by atoms with E-state index in [2.05, 4.69) is 13.8 Å². The highest BCUT2D eigenvalue weighted by Crippen LogP contribution is 2.28. The van der Waals surface area contributed by atoms with Crippen LogP contribution in [0.1, 0.15) is 27.2 Å². The van der Waals surface area contributed by atoms with Crippen LogP contribution in [0.5, 0.6) is 0 Å². The first-order valence-corrected chi connectivity index (χ1v) is 4.14. The van der Waals surface area contributed by atoms with Crippen LogP contribution in [0, 0.1) is 5.41 Å². The molecule has 0 rings (SSSR count). The van der Waals surface area contributed by atoms with Crippen molar-refractivity contribution in [3.63, 3.8) is 0 Å². The molecule has 0 aromatic carbocycles. The molecule has 0 aromatic heterocycles. The number of carbonyl (C=O) groups is 1. The Bertz CT molecular complexity index is 169. The van der Waals surface area contributed by atoms with E-state index in [0.29, 0.717) is 13.0 Å². The first-order valence-electron chi connectivity index (χ1n) is 4.14. The zero-order chi connectivity index (χ0) is 9.61. The molecule has 0 aromatic rings. The first kappa shape index (κ1) is 11.4. The highest BCUT2D eigenvalue weighted by Gasteiger charge is 2.18. The van der Waals surface area contributed by atoms with Gasteiger partial charge in [0.15, 0.2) is 0 Å². The molecule has 0 saturated heterocycles. The Morgan fingerprint density at radius 1 is 1.50 bits per heavy atom. The molecule has 0 atom stereocenters. The van der Waals surface area contributed by atoms with Crippen molar-refractivity contribution in [1.82, 2.24) is 0 Å². The Hall–Kier alpha value is -0.630. The van der Waals surface area contributed by atoms with Crippen molar-refractivity contribution in [1.29, 1.82) is 0 Å². The first-order chi connectivity index (χ1) is 5.54. The predicted octanol–water partition coefficient (Wildman–Crippen LogP) is 2.19. The smallest absolute Gasteiger partial charge is 0.120 e. The van der Waals surface area contributed by atoms with E-state index in [9.17, 15) is 4.79 Å². The summed E-state index contributed by atoms with van der Waals surface area (Å²) >= 11 is 0. The molecular formula is C10H18O2. The molecule has 0 aliphatic rings. The summed E-state index contributed by atoms with van der Waals surface area (Å²) in [7, 11) is 1.66. The molecule has 0 unspecified atom stereocenters. The van der Waals surface area contributed by atoms with E-state index in [4.69, 9.17) is 4.74 Å². The molecule has 70 valence electrons. The molecular weight excluding hydrogens is 152 g/mol. The lowest BCUT2D eigenvalue weighted by atomic mass is 9.82. The van der Waals surface area contributed by atoms with Gasteiger partial charge >= 0.3 is 0 Å². The van der Waals surface area contributed by atoms with Crippen LogP contribution >= 0.6 is 0 Å². The van der Waals surface area contributed by atoms with Crippen LogP contribution < -0.4 is 0 Å². The van der Waals surface area contributed by atoms with Gasteiger partial charge in [-0.1, -0.05) is 25.5 Å². The standard InChI is InChI=1S/C10H18O2/c1-9(5-8-12-4)10(2,3)6-7-11/h5,7H,6,8H2,1-4H3/b9-5+. The number of hydrogen-bond donors (Lipinski definition) is 0. The summed E-state index contributed by atoms with van der Waals surface area (Å²) in [6, 6.07) is 0. The molecule has 0 radical (unpaired) electrons. The fourth-order valence-electron chi connectivity index (χ4n) is 0.854. The van der Waals surface area contributed by atoms with Crippen molar-refractivity contribution in [2.24, 2.45) is 5.41 Å².